The molecule has 2 aromatic heterocycles. The van der Waals surface area contributed by atoms with E-state index in [2.05, 4.69) is 9.97 Å². The summed E-state index contributed by atoms with van der Waals surface area (Å²) in [6.45, 7) is 0. The number of aromatic nitrogens is 4. The summed E-state index contributed by atoms with van der Waals surface area (Å²) in [5, 5.41) is 16.0. The van der Waals surface area contributed by atoms with E-state index in [1.54, 1.807) is 12.1 Å². The molecule has 0 spiro atoms. The van der Waals surface area contributed by atoms with Crippen molar-refractivity contribution in [2.75, 3.05) is 0 Å². The van der Waals surface area contributed by atoms with E-state index in [-0.39, 0.29) is 5.75 Å². The SMILES string of the molecule is Oc1ccc(-n2nc(-c3nc4ccc(Cl)cc4[nH]3)c3ccccc32)cc1. The number of H-pyrrole nitrogens is 1. The highest BCUT2D eigenvalue weighted by atomic mass is 35.5. The van der Waals surface area contributed by atoms with E-state index in [1.165, 1.54) is 0 Å². The van der Waals surface area contributed by atoms with Crippen molar-refractivity contribution >= 4 is 33.5 Å². The number of phenolic OH excluding ortho intramolecular Hbond substituents is 1. The summed E-state index contributed by atoms with van der Waals surface area (Å²) in [6.07, 6.45) is 0. The number of rotatable bonds is 2. The third-order valence-electron chi connectivity index (χ3n) is 4.35. The molecule has 0 saturated carbocycles. The monoisotopic (exact) mass is 360 g/mol. The molecule has 5 nitrogen and oxygen atoms in total. The average molecular weight is 361 g/mol. The van der Waals surface area contributed by atoms with Crippen LogP contribution < -0.4 is 0 Å². The van der Waals surface area contributed by atoms with Gasteiger partial charge in [0.05, 0.1) is 22.2 Å². The van der Waals surface area contributed by atoms with E-state index >= 15 is 0 Å². The fourth-order valence-corrected chi connectivity index (χ4v) is 3.30. The minimum Gasteiger partial charge on any atom is -0.508 e. The fourth-order valence-electron chi connectivity index (χ4n) is 3.13. The summed E-state index contributed by atoms with van der Waals surface area (Å²) in [5.74, 6) is 0.913. The minimum absolute atomic E-state index is 0.222. The second-order valence-corrected chi connectivity index (χ2v) is 6.48. The van der Waals surface area contributed by atoms with Gasteiger partial charge in [0.1, 0.15) is 11.4 Å². The van der Waals surface area contributed by atoms with Crippen molar-refractivity contribution in [3.05, 3.63) is 71.8 Å². The largest absolute Gasteiger partial charge is 0.508 e. The molecule has 0 radical (unpaired) electrons. The average Bonchev–Trinajstić information content (AvgIpc) is 3.23. The molecule has 5 aromatic rings. The van der Waals surface area contributed by atoms with Crippen molar-refractivity contribution in [2.45, 2.75) is 0 Å². The molecule has 0 unspecified atom stereocenters. The van der Waals surface area contributed by atoms with E-state index in [9.17, 15) is 5.11 Å². The van der Waals surface area contributed by atoms with Crippen LogP contribution in [0.2, 0.25) is 5.02 Å². The van der Waals surface area contributed by atoms with Crippen LogP contribution in [0.4, 0.5) is 0 Å². The van der Waals surface area contributed by atoms with Gasteiger partial charge in [-0.2, -0.15) is 5.10 Å². The van der Waals surface area contributed by atoms with Crippen molar-refractivity contribution in [1.29, 1.82) is 0 Å². The smallest absolute Gasteiger partial charge is 0.159 e. The summed E-state index contributed by atoms with van der Waals surface area (Å²) in [7, 11) is 0. The van der Waals surface area contributed by atoms with Crippen LogP contribution >= 0.6 is 11.6 Å². The molecule has 3 aromatic carbocycles. The van der Waals surface area contributed by atoms with Crippen molar-refractivity contribution in [3.63, 3.8) is 0 Å². The number of fused-ring (bicyclic) bond motifs is 2. The van der Waals surface area contributed by atoms with Crippen molar-refractivity contribution < 1.29 is 5.11 Å². The van der Waals surface area contributed by atoms with Crippen LogP contribution in [0.15, 0.2) is 66.7 Å². The molecular weight excluding hydrogens is 348 g/mol. The maximum absolute atomic E-state index is 9.55. The molecule has 0 aliphatic carbocycles. The number of aromatic amines is 1. The van der Waals surface area contributed by atoms with Crippen molar-refractivity contribution in [2.24, 2.45) is 0 Å². The van der Waals surface area contributed by atoms with Gasteiger partial charge in [-0.3, -0.25) is 0 Å². The van der Waals surface area contributed by atoms with Gasteiger partial charge in [-0.25, -0.2) is 9.67 Å². The van der Waals surface area contributed by atoms with Gasteiger partial charge >= 0.3 is 0 Å². The molecule has 0 aliphatic heterocycles. The number of para-hydroxylation sites is 1. The molecule has 126 valence electrons. The number of halogens is 1. The number of benzene rings is 3. The van der Waals surface area contributed by atoms with E-state index in [1.807, 2.05) is 59.3 Å². The lowest BCUT2D eigenvalue weighted by molar-refractivity contribution is 0.475. The third kappa shape index (κ3) is 2.33. The van der Waals surface area contributed by atoms with Crippen LogP contribution in [0.1, 0.15) is 0 Å². The molecule has 6 heteroatoms. The molecule has 2 heterocycles. The Hall–Kier alpha value is -3.31. The van der Waals surface area contributed by atoms with Crippen LogP contribution in [0.3, 0.4) is 0 Å². The van der Waals surface area contributed by atoms with Gasteiger partial charge in [-0.05, 0) is 48.5 Å². The second kappa shape index (κ2) is 5.61. The number of imidazole rings is 1. The van der Waals surface area contributed by atoms with Gasteiger partial charge < -0.3 is 10.1 Å². The molecule has 2 N–H and O–H groups in total. The van der Waals surface area contributed by atoms with Gasteiger partial charge in [0.25, 0.3) is 0 Å². The first-order chi connectivity index (χ1) is 12.7. The van der Waals surface area contributed by atoms with E-state index in [4.69, 9.17) is 16.7 Å². The zero-order valence-electron chi connectivity index (χ0n) is 13.5. The Balaban J connectivity index is 1.76. The highest BCUT2D eigenvalue weighted by Gasteiger charge is 2.16. The summed E-state index contributed by atoms with van der Waals surface area (Å²) < 4.78 is 1.85. The van der Waals surface area contributed by atoms with E-state index in [0.717, 1.165) is 33.3 Å². The second-order valence-electron chi connectivity index (χ2n) is 6.04. The van der Waals surface area contributed by atoms with Crippen LogP contribution in [0.5, 0.6) is 5.75 Å². The quantitative estimate of drug-likeness (QED) is 0.469. The van der Waals surface area contributed by atoms with Crippen molar-refractivity contribution in [1.82, 2.24) is 19.7 Å². The Morgan fingerprint density at radius 2 is 1.77 bits per heavy atom. The third-order valence-corrected chi connectivity index (χ3v) is 4.58. The zero-order chi connectivity index (χ0) is 17.7. The predicted molar refractivity (Wildman–Crippen MR) is 103 cm³/mol. The number of phenols is 1. The molecule has 0 fully saturated rings. The normalized spacial score (nSPS) is 11.4. The topological polar surface area (TPSA) is 66.7 Å². The molecule has 0 saturated heterocycles. The van der Waals surface area contributed by atoms with Gasteiger partial charge in [-0.1, -0.05) is 29.8 Å². The number of hydrogen-bond donors (Lipinski definition) is 2. The first-order valence-corrected chi connectivity index (χ1v) is 8.50. The number of hydrogen-bond acceptors (Lipinski definition) is 3. The Bertz CT molecular complexity index is 1250. The Morgan fingerprint density at radius 3 is 2.62 bits per heavy atom. The number of aromatic hydroxyl groups is 1. The minimum atomic E-state index is 0.222. The van der Waals surface area contributed by atoms with Crippen molar-refractivity contribution in [3.8, 4) is 23.0 Å². The molecule has 0 amide bonds. The molecule has 0 aliphatic rings. The molecule has 0 atom stereocenters. The van der Waals surface area contributed by atoms with Crippen LogP contribution in [0.25, 0.3) is 39.1 Å². The Morgan fingerprint density at radius 1 is 0.962 bits per heavy atom. The van der Waals surface area contributed by atoms with Gasteiger partial charge in [0.15, 0.2) is 5.82 Å². The number of nitrogens with zero attached hydrogens (tertiary/aromatic N) is 3. The Kier molecular flexibility index (Phi) is 3.23. The van der Waals surface area contributed by atoms with E-state index < -0.39 is 0 Å². The molecule has 0 bridgehead atoms. The highest BCUT2D eigenvalue weighted by Crippen LogP contribution is 2.30. The molecular formula is C20H13ClN4O. The summed E-state index contributed by atoms with van der Waals surface area (Å²) >= 11 is 6.08. The number of nitrogens with one attached hydrogen (secondary N) is 1. The fraction of sp³-hybridized carbons (Fsp3) is 0. The predicted octanol–water partition coefficient (Wildman–Crippen LogP) is 4.93. The van der Waals surface area contributed by atoms with Gasteiger partial charge in [0.2, 0.25) is 0 Å². The van der Waals surface area contributed by atoms with Crippen LogP contribution in [0, 0.1) is 0 Å². The summed E-state index contributed by atoms with van der Waals surface area (Å²) in [5.41, 5.74) is 4.31. The first-order valence-electron chi connectivity index (χ1n) is 8.12. The lowest BCUT2D eigenvalue weighted by Gasteiger charge is -2.03. The van der Waals surface area contributed by atoms with Gasteiger partial charge in [0, 0.05) is 10.4 Å². The molecule has 26 heavy (non-hydrogen) atoms. The first kappa shape index (κ1) is 15.0. The lowest BCUT2D eigenvalue weighted by atomic mass is 10.2. The summed E-state index contributed by atoms with van der Waals surface area (Å²) in [4.78, 5) is 7.97. The van der Waals surface area contributed by atoms with E-state index in [0.29, 0.717) is 10.8 Å². The maximum Gasteiger partial charge on any atom is 0.159 e. The lowest BCUT2D eigenvalue weighted by Crippen LogP contribution is -1.96. The zero-order valence-corrected chi connectivity index (χ0v) is 14.3. The molecule has 5 rings (SSSR count). The summed E-state index contributed by atoms with van der Waals surface area (Å²) in [6, 6.07) is 20.5. The maximum atomic E-state index is 9.55. The van der Waals surface area contributed by atoms with Crippen LogP contribution in [-0.4, -0.2) is 24.9 Å². The standard InChI is InChI=1S/C20H13ClN4O/c21-12-5-10-16-17(11-12)23-20(22-16)19-15-3-1-2-4-18(15)25(24-19)13-6-8-14(26)9-7-13/h1-11,26H,(H,22,23). The van der Waals surface area contributed by atoms with Crippen LogP contribution in [-0.2, 0) is 0 Å². The Labute approximate surface area is 153 Å². The highest BCUT2D eigenvalue weighted by molar-refractivity contribution is 6.31. The van der Waals surface area contributed by atoms with Gasteiger partial charge in [-0.15, -0.1) is 0 Å².